The van der Waals surface area contributed by atoms with Crippen molar-refractivity contribution in [3.05, 3.63) is 28.2 Å². The van der Waals surface area contributed by atoms with Crippen molar-refractivity contribution < 1.29 is 12.8 Å². The summed E-state index contributed by atoms with van der Waals surface area (Å²) >= 11 is 3.09. The lowest BCUT2D eigenvalue weighted by atomic mass is 10.0. The van der Waals surface area contributed by atoms with Gasteiger partial charge in [-0.2, -0.15) is 5.26 Å². The summed E-state index contributed by atoms with van der Waals surface area (Å²) in [7, 11) is -3.85. The molecule has 0 bridgehead atoms. The molecule has 1 heterocycles. The first-order valence-corrected chi connectivity index (χ1v) is 8.12. The first kappa shape index (κ1) is 17.0. The molecule has 0 aliphatic carbocycles. The van der Waals surface area contributed by atoms with Gasteiger partial charge in [-0.05, 0) is 48.8 Å². The van der Waals surface area contributed by atoms with Crippen LogP contribution in [-0.2, 0) is 15.4 Å². The Hall–Kier alpha value is -1.04. The fourth-order valence-electron chi connectivity index (χ4n) is 1.53. The summed E-state index contributed by atoms with van der Waals surface area (Å²) in [6, 6.07) is 4.26. The third-order valence-corrected chi connectivity index (χ3v) is 5.96. The van der Waals surface area contributed by atoms with Gasteiger partial charge in [0.25, 0.3) is 0 Å². The average molecular weight is 364 g/mol. The summed E-state index contributed by atoms with van der Waals surface area (Å²) in [5, 5.41) is 8.93. The van der Waals surface area contributed by atoms with E-state index in [9.17, 15) is 12.8 Å². The topological polar surface area (TPSA) is 96.8 Å². The lowest BCUT2D eigenvalue weighted by Crippen LogP contribution is -2.47. The van der Waals surface area contributed by atoms with E-state index in [4.69, 9.17) is 11.0 Å². The van der Waals surface area contributed by atoms with Crippen LogP contribution >= 0.6 is 15.9 Å². The second-order valence-corrected chi connectivity index (χ2v) is 8.61. The van der Waals surface area contributed by atoms with Crippen molar-refractivity contribution in [2.45, 2.75) is 31.1 Å². The number of aromatic nitrogens is 1. The zero-order valence-electron chi connectivity index (χ0n) is 11.3. The molecule has 0 saturated heterocycles. The number of nitrogens with two attached hydrogens (primary N) is 1. The smallest absolute Gasteiger partial charge is 0.170 e. The highest BCUT2D eigenvalue weighted by Crippen LogP contribution is 2.27. The standard InChI is InChI=1S/C12H15BrFN3O2S/c1-11(2,6-15)20(18,19)7-12(3,16)10-8(14)4-5-9(13)17-10/h4-5H,7,16H2,1-3H3. The van der Waals surface area contributed by atoms with Crippen molar-refractivity contribution in [2.24, 2.45) is 5.73 Å². The molecule has 110 valence electrons. The van der Waals surface area contributed by atoms with E-state index in [0.29, 0.717) is 4.60 Å². The van der Waals surface area contributed by atoms with Gasteiger partial charge in [-0.25, -0.2) is 17.8 Å². The van der Waals surface area contributed by atoms with E-state index in [2.05, 4.69) is 20.9 Å². The largest absolute Gasteiger partial charge is 0.319 e. The molecule has 0 fully saturated rings. The molecule has 1 aromatic rings. The van der Waals surface area contributed by atoms with E-state index in [0.717, 1.165) is 6.07 Å². The predicted octanol–water partition coefficient (Wildman–Crippen LogP) is 1.87. The molecular formula is C12H15BrFN3O2S. The maximum atomic E-state index is 13.8. The second kappa shape index (κ2) is 5.39. The van der Waals surface area contributed by atoms with E-state index in [-0.39, 0.29) is 5.69 Å². The predicted molar refractivity (Wildman–Crippen MR) is 76.9 cm³/mol. The van der Waals surface area contributed by atoms with Gasteiger partial charge in [0, 0.05) is 0 Å². The fourth-order valence-corrected chi connectivity index (χ4v) is 3.27. The molecule has 2 N–H and O–H groups in total. The van der Waals surface area contributed by atoms with Crippen molar-refractivity contribution in [2.75, 3.05) is 5.75 Å². The summed E-state index contributed by atoms with van der Waals surface area (Å²) in [5.74, 6) is -1.27. The van der Waals surface area contributed by atoms with Crippen LogP contribution in [0, 0.1) is 17.1 Å². The zero-order chi connectivity index (χ0) is 15.8. The third kappa shape index (κ3) is 3.34. The molecule has 5 nitrogen and oxygen atoms in total. The normalized spacial score (nSPS) is 15.4. The molecule has 1 aromatic heterocycles. The highest BCUT2D eigenvalue weighted by Gasteiger charge is 2.41. The van der Waals surface area contributed by atoms with E-state index in [1.165, 1.54) is 26.8 Å². The molecule has 0 aliphatic heterocycles. The Kier molecular flexibility index (Phi) is 4.58. The fraction of sp³-hybridized carbons (Fsp3) is 0.500. The van der Waals surface area contributed by atoms with Crippen LogP contribution in [0.15, 0.2) is 16.7 Å². The van der Waals surface area contributed by atoms with Crippen LogP contribution in [0.4, 0.5) is 4.39 Å². The number of halogens is 2. The molecule has 20 heavy (non-hydrogen) atoms. The summed E-state index contributed by atoms with van der Waals surface area (Å²) in [6.07, 6.45) is 0. The minimum absolute atomic E-state index is 0.163. The number of nitriles is 1. The highest BCUT2D eigenvalue weighted by molar-refractivity contribution is 9.10. The molecule has 1 atom stereocenters. The Morgan fingerprint density at radius 2 is 2.00 bits per heavy atom. The second-order valence-electron chi connectivity index (χ2n) is 5.26. The van der Waals surface area contributed by atoms with Gasteiger partial charge in [-0.15, -0.1) is 0 Å². The van der Waals surface area contributed by atoms with E-state index < -0.39 is 31.7 Å². The molecule has 0 radical (unpaired) electrons. The van der Waals surface area contributed by atoms with E-state index in [1.54, 1.807) is 6.07 Å². The van der Waals surface area contributed by atoms with Crippen LogP contribution in [0.1, 0.15) is 26.5 Å². The zero-order valence-corrected chi connectivity index (χ0v) is 13.7. The maximum Gasteiger partial charge on any atom is 0.170 e. The first-order valence-electron chi connectivity index (χ1n) is 5.68. The Labute approximate surface area is 126 Å². The lowest BCUT2D eigenvalue weighted by Gasteiger charge is -2.27. The van der Waals surface area contributed by atoms with Crippen molar-refractivity contribution in [1.29, 1.82) is 5.26 Å². The van der Waals surface area contributed by atoms with Gasteiger partial charge >= 0.3 is 0 Å². The number of rotatable bonds is 4. The van der Waals surface area contributed by atoms with Gasteiger partial charge < -0.3 is 5.73 Å². The van der Waals surface area contributed by atoms with Gasteiger partial charge in [0.15, 0.2) is 14.6 Å². The SMILES string of the molecule is CC(N)(CS(=O)(=O)C(C)(C)C#N)c1nc(Br)ccc1F. The van der Waals surface area contributed by atoms with Crippen molar-refractivity contribution in [1.82, 2.24) is 4.98 Å². The molecular weight excluding hydrogens is 349 g/mol. The summed E-state index contributed by atoms with van der Waals surface area (Å²) < 4.78 is 37.0. The van der Waals surface area contributed by atoms with Crippen LogP contribution in [-0.4, -0.2) is 23.9 Å². The molecule has 1 unspecified atom stereocenters. The van der Waals surface area contributed by atoms with Gasteiger partial charge in [0.2, 0.25) is 0 Å². The molecule has 1 rings (SSSR count). The molecule has 0 saturated carbocycles. The van der Waals surface area contributed by atoms with Crippen molar-refractivity contribution in [3.8, 4) is 6.07 Å². The van der Waals surface area contributed by atoms with Gasteiger partial charge in [-0.3, -0.25) is 0 Å². The van der Waals surface area contributed by atoms with Gasteiger partial charge in [0.1, 0.15) is 10.4 Å². The molecule has 0 amide bonds. The van der Waals surface area contributed by atoms with Crippen LogP contribution in [0.5, 0.6) is 0 Å². The first-order chi connectivity index (χ1) is 8.93. The Morgan fingerprint density at radius 3 is 2.50 bits per heavy atom. The maximum absolute atomic E-state index is 13.8. The Bertz CT molecular complexity index is 666. The summed E-state index contributed by atoms with van der Waals surface area (Å²) in [5.41, 5.74) is 4.23. The van der Waals surface area contributed by atoms with Crippen LogP contribution < -0.4 is 5.73 Å². The minimum Gasteiger partial charge on any atom is -0.319 e. The molecule has 0 aromatic carbocycles. The Morgan fingerprint density at radius 1 is 1.45 bits per heavy atom. The molecule has 8 heteroatoms. The number of nitrogens with zero attached hydrogens (tertiary/aromatic N) is 2. The summed E-state index contributed by atoms with van der Waals surface area (Å²) in [4.78, 5) is 3.91. The van der Waals surface area contributed by atoms with Crippen molar-refractivity contribution in [3.63, 3.8) is 0 Å². The number of hydrogen-bond donors (Lipinski definition) is 1. The minimum atomic E-state index is -3.85. The molecule has 0 aliphatic rings. The number of sulfone groups is 1. The molecule has 0 spiro atoms. The monoisotopic (exact) mass is 363 g/mol. The number of hydrogen-bond acceptors (Lipinski definition) is 5. The van der Waals surface area contributed by atoms with Crippen LogP contribution in [0.25, 0.3) is 0 Å². The third-order valence-electron chi connectivity index (χ3n) is 2.89. The Balaban J connectivity index is 3.26. The summed E-state index contributed by atoms with van der Waals surface area (Å²) in [6.45, 7) is 3.93. The van der Waals surface area contributed by atoms with Crippen LogP contribution in [0.2, 0.25) is 0 Å². The van der Waals surface area contributed by atoms with E-state index in [1.807, 2.05) is 0 Å². The lowest BCUT2D eigenvalue weighted by molar-refractivity contribution is 0.470. The quantitative estimate of drug-likeness (QED) is 0.823. The highest BCUT2D eigenvalue weighted by atomic mass is 79.9. The van der Waals surface area contributed by atoms with E-state index >= 15 is 0 Å². The van der Waals surface area contributed by atoms with Crippen LogP contribution in [0.3, 0.4) is 0 Å². The number of pyridine rings is 1. The van der Waals surface area contributed by atoms with Crippen molar-refractivity contribution >= 4 is 25.8 Å². The van der Waals surface area contributed by atoms with Gasteiger partial charge in [-0.1, -0.05) is 0 Å². The average Bonchev–Trinajstić information content (AvgIpc) is 2.30. The van der Waals surface area contributed by atoms with Gasteiger partial charge in [0.05, 0.1) is 23.1 Å².